The highest BCUT2D eigenvalue weighted by Gasteiger charge is 2.12. The van der Waals surface area contributed by atoms with Crippen LogP contribution in [-0.2, 0) is 9.53 Å². The second-order valence-corrected chi connectivity index (χ2v) is 6.42. The van der Waals surface area contributed by atoms with Crippen molar-refractivity contribution in [2.75, 3.05) is 12.3 Å². The summed E-state index contributed by atoms with van der Waals surface area (Å²) in [5.74, 6) is 0.324. The number of nitrogen functional groups attached to an aromatic ring is 1. The number of aliphatic imine (C=N–C) groups is 1. The van der Waals surface area contributed by atoms with Crippen LogP contribution in [0.25, 0.3) is 10.9 Å². The lowest BCUT2D eigenvalue weighted by Gasteiger charge is -2.11. The third kappa shape index (κ3) is 4.98. The van der Waals surface area contributed by atoms with E-state index >= 15 is 0 Å². The summed E-state index contributed by atoms with van der Waals surface area (Å²) in [6.45, 7) is 7.89. The fourth-order valence-electron chi connectivity index (χ4n) is 2.39. The molecule has 1 heterocycles. The van der Waals surface area contributed by atoms with E-state index in [-0.39, 0.29) is 24.4 Å². The van der Waals surface area contributed by atoms with Crippen molar-refractivity contribution >= 4 is 34.4 Å². The van der Waals surface area contributed by atoms with E-state index in [1.165, 1.54) is 0 Å². The van der Waals surface area contributed by atoms with Crippen LogP contribution in [0.2, 0.25) is 0 Å². The molecule has 0 unspecified atom stereocenters. The van der Waals surface area contributed by atoms with Gasteiger partial charge in [-0.15, -0.1) is 0 Å². The number of anilines is 1. The number of ether oxygens (including phenoxy) is 1. The number of nitrogens with two attached hydrogens (primary N) is 1. The predicted octanol–water partition coefficient (Wildman–Crippen LogP) is 3.98. The molecule has 134 valence electrons. The summed E-state index contributed by atoms with van der Waals surface area (Å²) in [7, 11) is 0. The van der Waals surface area contributed by atoms with Gasteiger partial charge in [0.25, 0.3) is 0 Å². The van der Waals surface area contributed by atoms with Gasteiger partial charge < -0.3 is 10.5 Å². The van der Waals surface area contributed by atoms with Gasteiger partial charge in [0.1, 0.15) is 6.61 Å². The maximum absolute atomic E-state index is 11.8. The van der Waals surface area contributed by atoms with Gasteiger partial charge >= 0.3 is 5.97 Å². The van der Waals surface area contributed by atoms with Crippen LogP contribution in [0.3, 0.4) is 0 Å². The van der Waals surface area contributed by atoms with Crippen molar-refractivity contribution in [2.24, 2.45) is 10.9 Å². The van der Waals surface area contributed by atoms with Crippen LogP contribution in [0.4, 0.5) is 11.8 Å². The zero-order valence-electron chi connectivity index (χ0n) is 15.4. The number of carbonyl (C=O) groups is 1. The molecule has 0 atom stereocenters. The second kappa shape index (κ2) is 8.55. The molecule has 1 aromatic heterocycles. The van der Waals surface area contributed by atoms with Crippen molar-refractivity contribution in [1.29, 1.82) is 0 Å². The SMILES string of the molecule is CCCCC(COC(=O)C(C)C)=Nc1nc(N)nc2c(C)cccc12. The number of para-hydroxylation sites is 1. The van der Waals surface area contributed by atoms with Crippen LogP contribution in [-0.4, -0.2) is 28.3 Å². The zero-order valence-corrected chi connectivity index (χ0v) is 15.4. The summed E-state index contributed by atoms with van der Waals surface area (Å²) in [5, 5.41) is 0.846. The van der Waals surface area contributed by atoms with Gasteiger partial charge in [-0.1, -0.05) is 39.3 Å². The third-order valence-electron chi connectivity index (χ3n) is 3.86. The van der Waals surface area contributed by atoms with E-state index in [2.05, 4.69) is 21.9 Å². The van der Waals surface area contributed by atoms with Crippen molar-refractivity contribution in [3.8, 4) is 0 Å². The smallest absolute Gasteiger partial charge is 0.308 e. The molecule has 0 aliphatic rings. The van der Waals surface area contributed by atoms with Crippen LogP contribution in [0.1, 0.15) is 45.6 Å². The van der Waals surface area contributed by atoms with E-state index < -0.39 is 0 Å². The highest BCUT2D eigenvalue weighted by Crippen LogP contribution is 2.26. The lowest BCUT2D eigenvalue weighted by Crippen LogP contribution is -2.17. The molecule has 0 aliphatic heterocycles. The van der Waals surface area contributed by atoms with E-state index in [1.807, 2.05) is 39.0 Å². The first-order chi connectivity index (χ1) is 11.9. The molecular formula is C19H26N4O2. The molecule has 0 radical (unpaired) electrons. The van der Waals surface area contributed by atoms with Crippen molar-refractivity contribution in [2.45, 2.75) is 47.0 Å². The Morgan fingerprint density at radius 3 is 2.76 bits per heavy atom. The van der Waals surface area contributed by atoms with Gasteiger partial charge in [0.15, 0.2) is 5.82 Å². The Labute approximate surface area is 148 Å². The van der Waals surface area contributed by atoms with Crippen LogP contribution < -0.4 is 5.73 Å². The molecule has 6 nitrogen and oxygen atoms in total. The first-order valence-corrected chi connectivity index (χ1v) is 8.68. The average Bonchev–Trinajstić information content (AvgIpc) is 2.57. The summed E-state index contributed by atoms with van der Waals surface area (Å²) < 4.78 is 5.36. The van der Waals surface area contributed by atoms with Crippen molar-refractivity contribution in [1.82, 2.24) is 9.97 Å². The molecular weight excluding hydrogens is 316 g/mol. The standard InChI is InChI=1S/C19H26N4O2/c1-5-6-9-14(11-25-18(24)12(2)3)21-17-15-10-7-8-13(4)16(15)22-19(20)23-17/h7-8,10,12H,5-6,9,11H2,1-4H3,(H2,20,22,23). The van der Waals surface area contributed by atoms with Gasteiger partial charge in [-0.3, -0.25) is 4.79 Å². The fraction of sp³-hybridized carbons (Fsp3) is 0.474. The molecule has 2 N–H and O–H groups in total. The number of rotatable bonds is 7. The number of esters is 1. The maximum atomic E-state index is 11.8. The van der Waals surface area contributed by atoms with Gasteiger partial charge in [-0.05, 0) is 31.4 Å². The molecule has 1 aromatic carbocycles. The summed E-state index contributed by atoms with van der Waals surface area (Å²) in [6, 6.07) is 5.85. The molecule has 0 saturated heterocycles. The number of unbranched alkanes of at least 4 members (excludes halogenated alkanes) is 1. The minimum absolute atomic E-state index is 0.161. The summed E-state index contributed by atoms with van der Waals surface area (Å²) >= 11 is 0. The normalized spacial score (nSPS) is 12.0. The lowest BCUT2D eigenvalue weighted by atomic mass is 10.1. The summed E-state index contributed by atoms with van der Waals surface area (Å²) in [5.41, 5.74) is 8.46. The van der Waals surface area contributed by atoms with E-state index in [4.69, 9.17) is 10.5 Å². The Morgan fingerprint density at radius 2 is 2.08 bits per heavy atom. The van der Waals surface area contributed by atoms with Crippen LogP contribution in [0, 0.1) is 12.8 Å². The first kappa shape index (κ1) is 18.8. The molecule has 0 fully saturated rings. The zero-order chi connectivity index (χ0) is 18.4. The Hall–Kier alpha value is -2.50. The van der Waals surface area contributed by atoms with Gasteiger partial charge in [-0.2, -0.15) is 4.98 Å². The van der Waals surface area contributed by atoms with E-state index in [0.717, 1.165) is 41.4 Å². The number of aromatic nitrogens is 2. The molecule has 2 rings (SSSR count). The minimum Gasteiger partial charge on any atom is -0.459 e. The molecule has 0 spiro atoms. The highest BCUT2D eigenvalue weighted by atomic mass is 16.5. The van der Waals surface area contributed by atoms with Gasteiger partial charge in [0, 0.05) is 5.39 Å². The molecule has 25 heavy (non-hydrogen) atoms. The maximum Gasteiger partial charge on any atom is 0.308 e. The number of hydrogen-bond acceptors (Lipinski definition) is 6. The van der Waals surface area contributed by atoms with E-state index in [1.54, 1.807) is 0 Å². The Morgan fingerprint density at radius 1 is 1.32 bits per heavy atom. The second-order valence-electron chi connectivity index (χ2n) is 6.42. The first-order valence-electron chi connectivity index (χ1n) is 8.68. The van der Waals surface area contributed by atoms with Crippen molar-refractivity contribution < 1.29 is 9.53 Å². The fourth-order valence-corrected chi connectivity index (χ4v) is 2.39. The monoisotopic (exact) mass is 342 g/mol. The van der Waals surface area contributed by atoms with Crippen LogP contribution in [0.5, 0.6) is 0 Å². The number of nitrogens with zero attached hydrogens (tertiary/aromatic N) is 3. The largest absolute Gasteiger partial charge is 0.459 e. The number of aryl methyl sites for hydroxylation is 1. The Kier molecular flexibility index (Phi) is 6.44. The molecule has 6 heteroatoms. The quantitative estimate of drug-likeness (QED) is 0.607. The van der Waals surface area contributed by atoms with Crippen LogP contribution in [0.15, 0.2) is 23.2 Å². The van der Waals surface area contributed by atoms with Crippen molar-refractivity contribution in [3.63, 3.8) is 0 Å². The Balaban J connectivity index is 2.39. The highest BCUT2D eigenvalue weighted by molar-refractivity contribution is 5.96. The molecule has 0 amide bonds. The molecule has 0 aliphatic carbocycles. The van der Waals surface area contributed by atoms with Crippen molar-refractivity contribution in [3.05, 3.63) is 23.8 Å². The average molecular weight is 342 g/mol. The van der Waals surface area contributed by atoms with Gasteiger partial charge in [-0.25, -0.2) is 9.98 Å². The van der Waals surface area contributed by atoms with E-state index in [0.29, 0.717) is 5.82 Å². The summed E-state index contributed by atoms with van der Waals surface area (Å²) in [6.07, 6.45) is 2.75. The van der Waals surface area contributed by atoms with Gasteiger partial charge in [0.05, 0.1) is 17.1 Å². The predicted molar refractivity (Wildman–Crippen MR) is 101 cm³/mol. The summed E-state index contributed by atoms with van der Waals surface area (Å²) in [4.78, 5) is 25.0. The Bertz CT molecular complexity index is 784. The lowest BCUT2D eigenvalue weighted by molar-refractivity contribution is -0.145. The van der Waals surface area contributed by atoms with Crippen LogP contribution >= 0.6 is 0 Å². The molecule has 0 saturated carbocycles. The third-order valence-corrected chi connectivity index (χ3v) is 3.86. The number of benzene rings is 1. The van der Waals surface area contributed by atoms with E-state index in [9.17, 15) is 4.79 Å². The topological polar surface area (TPSA) is 90.5 Å². The van der Waals surface area contributed by atoms with Gasteiger partial charge in [0.2, 0.25) is 5.95 Å². The number of fused-ring (bicyclic) bond motifs is 1. The molecule has 0 bridgehead atoms. The number of carbonyl (C=O) groups excluding carboxylic acids is 1. The minimum atomic E-state index is -0.230. The number of hydrogen-bond donors (Lipinski definition) is 1. The molecule has 2 aromatic rings.